The zero-order chi connectivity index (χ0) is 9.40. The van der Waals surface area contributed by atoms with Crippen molar-refractivity contribution in [1.29, 1.82) is 0 Å². The smallest absolute Gasteiger partial charge is 0.0587 e. The summed E-state index contributed by atoms with van der Waals surface area (Å²) in [6.07, 6.45) is 4.65. The highest BCUT2D eigenvalue weighted by Crippen LogP contribution is 2.03. The standard InChI is InChI=1S/C10H19NO/c1-4-7-11(8-5-2)10(6-3)9-12/h4-5,10,12H,1-2,6-9H2,3H3. The molecule has 0 aliphatic carbocycles. The van der Waals surface area contributed by atoms with E-state index in [0.29, 0.717) is 0 Å². The lowest BCUT2D eigenvalue weighted by Gasteiger charge is -2.27. The van der Waals surface area contributed by atoms with E-state index in [1.807, 2.05) is 12.2 Å². The predicted octanol–water partition coefficient (Wildman–Crippen LogP) is 1.43. The largest absolute Gasteiger partial charge is 0.395 e. The van der Waals surface area contributed by atoms with Crippen LogP contribution in [-0.2, 0) is 0 Å². The molecule has 0 bridgehead atoms. The third-order valence-corrected chi connectivity index (χ3v) is 1.93. The molecule has 0 saturated carbocycles. The maximum Gasteiger partial charge on any atom is 0.0587 e. The molecule has 0 aliphatic heterocycles. The summed E-state index contributed by atoms with van der Waals surface area (Å²) in [4.78, 5) is 2.15. The van der Waals surface area contributed by atoms with Crippen LogP contribution in [0.15, 0.2) is 25.3 Å². The first-order chi connectivity index (χ1) is 5.79. The van der Waals surface area contributed by atoms with Gasteiger partial charge >= 0.3 is 0 Å². The maximum atomic E-state index is 9.04. The number of rotatable bonds is 7. The Hall–Kier alpha value is -0.600. The van der Waals surface area contributed by atoms with Crippen molar-refractivity contribution in [3.05, 3.63) is 25.3 Å². The second-order valence-electron chi connectivity index (χ2n) is 2.78. The third kappa shape index (κ3) is 3.69. The van der Waals surface area contributed by atoms with Gasteiger partial charge in [0.05, 0.1) is 6.61 Å². The van der Waals surface area contributed by atoms with Gasteiger partial charge in [0.15, 0.2) is 0 Å². The van der Waals surface area contributed by atoms with E-state index in [-0.39, 0.29) is 12.6 Å². The summed E-state index contributed by atoms with van der Waals surface area (Å²) in [6, 6.07) is 0.237. The van der Waals surface area contributed by atoms with Gasteiger partial charge in [-0.05, 0) is 6.42 Å². The van der Waals surface area contributed by atoms with Gasteiger partial charge in [0, 0.05) is 19.1 Å². The minimum absolute atomic E-state index is 0.207. The van der Waals surface area contributed by atoms with Gasteiger partial charge in [-0.25, -0.2) is 0 Å². The molecule has 0 fully saturated rings. The zero-order valence-corrected chi connectivity index (χ0v) is 7.87. The maximum absolute atomic E-state index is 9.04. The highest BCUT2D eigenvalue weighted by Gasteiger charge is 2.12. The van der Waals surface area contributed by atoms with Crippen molar-refractivity contribution in [2.45, 2.75) is 19.4 Å². The molecule has 0 heterocycles. The lowest BCUT2D eigenvalue weighted by atomic mass is 10.2. The molecular weight excluding hydrogens is 150 g/mol. The van der Waals surface area contributed by atoms with Crippen LogP contribution in [-0.4, -0.2) is 35.7 Å². The SMILES string of the molecule is C=CCN(CC=C)C(CC)CO. The minimum Gasteiger partial charge on any atom is -0.395 e. The molecule has 0 rings (SSSR count). The van der Waals surface area contributed by atoms with E-state index in [4.69, 9.17) is 5.11 Å². The molecule has 2 heteroatoms. The van der Waals surface area contributed by atoms with Crippen LogP contribution in [0, 0.1) is 0 Å². The average molecular weight is 169 g/mol. The van der Waals surface area contributed by atoms with Crippen LogP contribution in [0.1, 0.15) is 13.3 Å². The first kappa shape index (κ1) is 11.4. The lowest BCUT2D eigenvalue weighted by molar-refractivity contribution is 0.141. The summed E-state index contributed by atoms with van der Waals surface area (Å²) in [5, 5.41) is 9.04. The summed E-state index contributed by atoms with van der Waals surface area (Å²) in [7, 11) is 0. The van der Waals surface area contributed by atoms with Gasteiger partial charge in [0.1, 0.15) is 0 Å². The first-order valence-electron chi connectivity index (χ1n) is 4.36. The Morgan fingerprint density at radius 2 is 1.83 bits per heavy atom. The summed E-state index contributed by atoms with van der Waals surface area (Å²) in [6.45, 7) is 11.2. The van der Waals surface area contributed by atoms with E-state index in [9.17, 15) is 0 Å². The number of nitrogens with zero attached hydrogens (tertiary/aromatic N) is 1. The Morgan fingerprint density at radius 3 is 2.08 bits per heavy atom. The molecule has 1 unspecified atom stereocenters. The van der Waals surface area contributed by atoms with Crippen molar-refractivity contribution in [2.24, 2.45) is 0 Å². The Morgan fingerprint density at radius 1 is 1.33 bits per heavy atom. The highest BCUT2D eigenvalue weighted by molar-refractivity contribution is 4.83. The second-order valence-corrected chi connectivity index (χ2v) is 2.78. The van der Waals surface area contributed by atoms with E-state index >= 15 is 0 Å². The minimum atomic E-state index is 0.207. The molecule has 0 saturated heterocycles. The highest BCUT2D eigenvalue weighted by atomic mass is 16.3. The molecule has 0 aromatic carbocycles. The normalized spacial score (nSPS) is 12.9. The Bertz CT molecular complexity index is 120. The van der Waals surface area contributed by atoms with Gasteiger partial charge in [-0.15, -0.1) is 13.2 Å². The fourth-order valence-electron chi connectivity index (χ4n) is 1.21. The first-order valence-corrected chi connectivity index (χ1v) is 4.36. The van der Waals surface area contributed by atoms with Gasteiger partial charge in [-0.2, -0.15) is 0 Å². The third-order valence-electron chi connectivity index (χ3n) is 1.93. The topological polar surface area (TPSA) is 23.5 Å². The van der Waals surface area contributed by atoms with E-state index in [2.05, 4.69) is 25.0 Å². The van der Waals surface area contributed by atoms with Gasteiger partial charge in [0.25, 0.3) is 0 Å². The van der Waals surface area contributed by atoms with Crippen molar-refractivity contribution in [3.63, 3.8) is 0 Å². The van der Waals surface area contributed by atoms with E-state index < -0.39 is 0 Å². The van der Waals surface area contributed by atoms with Crippen molar-refractivity contribution in [1.82, 2.24) is 4.90 Å². The van der Waals surface area contributed by atoms with E-state index in [1.165, 1.54) is 0 Å². The summed E-state index contributed by atoms with van der Waals surface area (Å²) in [5.41, 5.74) is 0. The van der Waals surface area contributed by atoms with Crippen LogP contribution in [0.5, 0.6) is 0 Å². The molecule has 0 spiro atoms. The second kappa shape index (κ2) is 7.07. The quantitative estimate of drug-likeness (QED) is 0.583. The molecule has 0 aromatic rings. The van der Waals surface area contributed by atoms with Gasteiger partial charge < -0.3 is 5.11 Å². The van der Waals surface area contributed by atoms with Crippen molar-refractivity contribution >= 4 is 0 Å². The van der Waals surface area contributed by atoms with Crippen molar-refractivity contribution < 1.29 is 5.11 Å². The number of hydrogen-bond donors (Lipinski definition) is 1. The lowest BCUT2D eigenvalue weighted by Crippen LogP contribution is -2.37. The Kier molecular flexibility index (Phi) is 6.72. The van der Waals surface area contributed by atoms with Gasteiger partial charge in [-0.3, -0.25) is 4.90 Å². The van der Waals surface area contributed by atoms with Crippen LogP contribution < -0.4 is 0 Å². The number of aliphatic hydroxyl groups excluding tert-OH is 1. The van der Waals surface area contributed by atoms with E-state index in [0.717, 1.165) is 19.5 Å². The molecular formula is C10H19NO. The van der Waals surface area contributed by atoms with Crippen LogP contribution in [0.2, 0.25) is 0 Å². The molecule has 12 heavy (non-hydrogen) atoms. The monoisotopic (exact) mass is 169 g/mol. The van der Waals surface area contributed by atoms with Crippen LogP contribution >= 0.6 is 0 Å². The average Bonchev–Trinajstić information content (AvgIpc) is 2.07. The molecule has 70 valence electrons. The molecule has 2 nitrogen and oxygen atoms in total. The molecule has 0 radical (unpaired) electrons. The van der Waals surface area contributed by atoms with E-state index in [1.54, 1.807) is 0 Å². The molecule has 0 amide bonds. The molecule has 0 aliphatic rings. The van der Waals surface area contributed by atoms with Crippen LogP contribution in [0.25, 0.3) is 0 Å². The Balaban J connectivity index is 4.02. The van der Waals surface area contributed by atoms with Crippen molar-refractivity contribution in [2.75, 3.05) is 19.7 Å². The summed E-state index contributed by atoms with van der Waals surface area (Å²) in [5.74, 6) is 0. The molecule has 1 N–H and O–H groups in total. The number of hydrogen-bond acceptors (Lipinski definition) is 2. The van der Waals surface area contributed by atoms with Crippen LogP contribution in [0.4, 0.5) is 0 Å². The van der Waals surface area contributed by atoms with Crippen LogP contribution in [0.3, 0.4) is 0 Å². The Labute approximate surface area is 75.2 Å². The molecule has 1 atom stereocenters. The molecule has 0 aromatic heterocycles. The summed E-state index contributed by atoms with van der Waals surface area (Å²) >= 11 is 0. The number of aliphatic hydroxyl groups is 1. The van der Waals surface area contributed by atoms with Gasteiger partial charge in [-0.1, -0.05) is 19.1 Å². The fourth-order valence-corrected chi connectivity index (χ4v) is 1.21. The fraction of sp³-hybridized carbons (Fsp3) is 0.600. The zero-order valence-electron chi connectivity index (χ0n) is 7.87. The predicted molar refractivity (Wildman–Crippen MR) is 53.1 cm³/mol. The van der Waals surface area contributed by atoms with Crippen molar-refractivity contribution in [3.8, 4) is 0 Å². The summed E-state index contributed by atoms with van der Waals surface area (Å²) < 4.78 is 0. The van der Waals surface area contributed by atoms with Gasteiger partial charge in [0.2, 0.25) is 0 Å².